The molecule has 1 fully saturated rings. The number of methoxy groups -OCH3 is 1. The van der Waals surface area contributed by atoms with Gasteiger partial charge in [0.25, 0.3) is 0 Å². The molecule has 7 nitrogen and oxygen atoms in total. The summed E-state index contributed by atoms with van der Waals surface area (Å²) in [6.07, 6.45) is -3.66. The average molecular weight is 427 g/mol. The number of para-hydroxylation sites is 1. The highest BCUT2D eigenvalue weighted by Crippen LogP contribution is 2.33. The summed E-state index contributed by atoms with van der Waals surface area (Å²) in [5, 5.41) is 1.42. The van der Waals surface area contributed by atoms with Crippen molar-refractivity contribution in [2.24, 2.45) is 5.92 Å². The maximum absolute atomic E-state index is 13.0. The molecule has 2 aliphatic heterocycles. The number of fused-ring (bicyclic) bond motifs is 2. The number of carbonyl (C=O) groups is 2. The zero-order chi connectivity index (χ0) is 21.9. The van der Waals surface area contributed by atoms with Gasteiger partial charge in [0.05, 0.1) is 7.11 Å². The Morgan fingerprint density at radius 3 is 2.73 bits per heavy atom. The molecule has 1 aromatic carbocycles. The Bertz CT molecular complexity index is 828. The summed E-state index contributed by atoms with van der Waals surface area (Å²) in [5.74, 6) is -2.45. The quantitative estimate of drug-likeness (QED) is 0.700. The fourth-order valence-electron chi connectivity index (χ4n) is 3.73. The van der Waals surface area contributed by atoms with Gasteiger partial charge < -0.3 is 14.4 Å². The molecule has 1 N–H and O–H groups in total. The summed E-state index contributed by atoms with van der Waals surface area (Å²) in [7, 11) is 3.22. The van der Waals surface area contributed by atoms with Crippen molar-refractivity contribution < 1.29 is 32.2 Å². The summed E-state index contributed by atoms with van der Waals surface area (Å²) < 4.78 is 48.1. The van der Waals surface area contributed by atoms with Crippen LogP contribution in [0.25, 0.3) is 0 Å². The Labute approximate surface area is 172 Å². The van der Waals surface area contributed by atoms with Gasteiger partial charge in [0.2, 0.25) is 5.91 Å². The largest absolute Gasteiger partial charge is 0.496 e. The highest BCUT2D eigenvalue weighted by atomic mass is 19.4. The lowest BCUT2D eigenvalue weighted by Gasteiger charge is -2.44. The van der Waals surface area contributed by atoms with Crippen LogP contribution in [0.15, 0.2) is 35.9 Å². The standard InChI is InChI=1S/C20H24F3N3O4/c1-25(11-8-13-5-3-4-6-16(13)29-2)17(27)14-9-12-26-18(15(14)7-10-24-26)30-19(28)20(21,22)23/h3-6,9,15,18,24H,7-8,10-12H2,1-2H3. The number of hydrazine groups is 1. The monoisotopic (exact) mass is 427 g/mol. The van der Waals surface area contributed by atoms with Crippen molar-refractivity contribution in [1.82, 2.24) is 15.3 Å². The smallest absolute Gasteiger partial charge is 0.490 e. The molecular weight excluding hydrogens is 403 g/mol. The van der Waals surface area contributed by atoms with Gasteiger partial charge in [-0.15, -0.1) is 0 Å². The minimum Gasteiger partial charge on any atom is -0.496 e. The van der Waals surface area contributed by atoms with Crippen molar-refractivity contribution in [2.45, 2.75) is 25.2 Å². The summed E-state index contributed by atoms with van der Waals surface area (Å²) >= 11 is 0. The second-order valence-corrected chi connectivity index (χ2v) is 7.20. The summed E-state index contributed by atoms with van der Waals surface area (Å²) in [5.41, 5.74) is 4.23. The topological polar surface area (TPSA) is 71.1 Å². The number of nitrogens with one attached hydrogen (secondary N) is 1. The van der Waals surface area contributed by atoms with E-state index in [1.807, 2.05) is 24.3 Å². The van der Waals surface area contributed by atoms with E-state index >= 15 is 0 Å². The van der Waals surface area contributed by atoms with Gasteiger partial charge in [-0.1, -0.05) is 24.3 Å². The Kier molecular flexibility index (Phi) is 6.67. The number of carbonyl (C=O) groups excluding carboxylic acids is 2. The van der Waals surface area contributed by atoms with Gasteiger partial charge in [-0.05, 0) is 24.5 Å². The molecule has 1 aromatic rings. The Morgan fingerprint density at radius 2 is 2.03 bits per heavy atom. The van der Waals surface area contributed by atoms with Crippen LogP contribution in [0.4, 0.5) is 13.2 Å². The fourth-order valence-corrected chi connectivity index (χ4v) is 3.73. The first-order valence-electron chi connectivity index (χ1n) is 9.57. The first kappa shape index (κ1) is 22.1. The molecule has 1 saturated heterocycles. The number of nitrogens with zero attached hydrogens (tertiary/aromatic N) is 2. The number of benzene rings is 1. The van der Waals surface area contributed by atoms with E-state index in [0.29, 0.717) is 31.5 Å². The van der Waals surface area contributed by atoms with E-state index in [1.54, 1.807) is 20.2 Å². The molecular formula is C20H24F3N3O4. The van der Waals surface area contributed by atoms with Gasteiger partial charge in [0.1, 0.15) is 5.75 Å². The van der Waals surface area contributed by atoms with Gasteiger partial charge in [-0.25, -0.2) is 9.80 Å². The third-order valence-electron chi connectivity index (χ3n) is 5.29. The molecule has 0 saturated carbocycles. The van der Waals surface area contributed by atoms with E-state index in [0.717, 1.165) is 11.3 Å². The highest BCUT2D eigenvalue weighted by molar-refractivity contribution is 5.94. The fraction of sp³-hybridized carbons (Fsp3) is 0.500. The van der Waals surface area contributed by atoms with Crippen LogP contribution in [0.2, 0.25) is 0 Å². The number of esters is 1. The molecule has 0 radical (unpaired) electrons. The number of hydrogen-bond acceptors (Lipinski definition) is 6. The maximum atomic E-state index is 13.0. The van der Waals surface area contributed by atoms with Crippen molar-refractivity contribution in [3.8, 4) is 5.75 Å². The van der Waals surface area contributed by atoms with Crippen LogP contribution in [-0.2, 0) is 20.7 Å². The second kappa shape index (κ2) is 9.05. The molecule has 1 amide bonds. The van der Waals surface area contributed by atoms with Crippen molar-refractivity contribution in [2.75, 3.05) is 33.8 Å². The van der Waals surface area contributed by atoms with Gasteiger partial charge in [-0.2, -0.15) is 13.2 Å². The number of likely N-dealkylation sites (N-methyl/N-ethyl adjacent to an activating group) is 1. The predicted molar refractivity (Wildman–Crippen MR) is 101 cm³/mol. The second-order valence-electron chi connectivity index (χ2n) is 7.20. The predicted octanol–water partition coefficient (Wildman–Crippen LogP) is 1.89. The van der Waals surface area contributed by atoms with E-state index in [1.165, 1.54) is 9.91 Å². The van der Waals surface area contributed by atoms with E-state index in [-0.39, 0.29) is 12.5 Å². The Morgan fingerprint density at radius 1 is 1.30 bits per heavy atom. The van der Waals surface area contributed by atoms with E-state index in [4.69, 9.17) is 9.47 Å². The maximum Gasteiger partial charge on any atom is 0.490 e. The lowest BCUT2D eigenvalue weighted by atomic mass is 9.88. The minimum atomic E-state index is -5.09. The van der Waals surface area contributed by atoms with Crippen LogP contribution in [0.3, 0.4) is 0 Å². The number of halogens is 3. The number of hydrogen-bond donors (Lipinski definition) is 1. The van der Waals surface area contributed by atoms with Gasteiger partial charge in [0.15, 0.2) is 6.23 Å². The Balaban J connectivity index is 1.69. The van der Waals surface area contributed by atoms with Gasteiger partial charge >= 0.3 is 12.1 Å². The SMILES string of the molecule is COc1ccccc1CCN(C)C(=O)C1=CCN2NCCC1C2OC(=O)C(F)(F)F. The van der Waals surface area contributed by atoms with Crippen LogP contribution in [0.5, 0.6) is 5.75 Å². The van der Waals surface area contributed by atoms with Gasteiger partial charge in [-0.3, -0.25) is 10.2 Å². The molecule has 10 heteroatoms. The molecule has 0 spiro atoms. The average Bonchev–Trinajstić information content (AvgIpc) is 2.71. The molecule has 2 heterocycles. The van der Waals surface area contributed by atoms with E-state index < -0.39 is 24.3 Å². The van der Waals surface area contributed by atoms with E-state index in [9.17, 15) is 22.8 Å². The first-order valence-corrected chi connectivity index (χ1v) is 9.57. The lowest BCUT2D eigenvalue weighted by molar-refractivity contribution is -0.222. The number of alkyl halides is 3. The van der Waals surface area contributed by atoms with Gasteiger partial charge in [0, 0.05) is 38.2 Å². The normalized spacial score (nSPS) is 23.4. The molecule has 3 rings (SSSR count). The van der Waals surface area contributed by atoms with Crippen LogP contribution in [-0.4, -0.2) is 68.0 Å². The molecule has 3 unspecified atom stereocenters. The van der Waals surface area contributed by atoms with Crippen LogP contribution in [0.1, 0.15) is 12.0 Å². The van der Waals surface area contributed by atoms with Crippen molar-refractivity contribution >= 4 is 11.9 Å². The molecule has 0 aromatic heterocycles. The Hall–Kier alpha value is -2.59. The summed E-state index contributed by atoms with van der Waals surface area (Å²) in [6, 6.07) is 7.49. The zero-order valence-electron chi connectivity index (χ0n) is 16.7. The number of ether oxygens (including phenoxy) is 2. The zero-order valence-corrected chi connectivity index (χ0v) is 16.7. The molecule has 3 atom stereocenters. The first-order chi connectivity index (χ1) is 14.2. The molecule has 0 aliphatic carbocycles. The number of rotatable bonds is 6. The van der Waals surface area contributed by atoms with Crippen molar-refractivity contribution in [3.63, 3.8) is 0 Å². The number of amides is 1. The third kappa shape index (κ3) is 4.76. The van der Waals surface area contributed by atoms with Crippen LogP contribution in [0, 0.1) is 5.92 Å². The summed E-state index contributed by atoms with van der Waals surface area (Å²) in [6.45, 7) is 1.03. The van der Waals surface area contributed by atoms with E-state index in [2.05, 4.69) is 5.43 Å². The summed E-state index contributed by atoms with van der Waals surface area (Å²) in [4.78, 5) is 25.9. The molecule has 2 bridgehead atoms. The lowest BCUT2D eigenvalue weighted by Crippen LogP contribution is -2.60. The van der Waals surface area contributed by atoms with Crippen molar-refractivity contribution in [3.05, 3.63) is 41.5 Å². The third-order valence-corrected chi connectivity index (χ3v) is 5.29. The molecule has 30 heavy (non-hydrogen) atoms. The molecule has 2 aliphatic rings. The minimum absolute atomic E-state index is 0.160. The van der Waals surface area contributed by atoms with Crippen molar-refractivity contribution in [1.29, 1.82) is 0 Å². The highest BCUT2D eigenvalue weighted by Gasteiger charge is 2.48. The van der Waals surface area contributed by atoms with Crippen LogP contribution < -0.4 is 10.2 Å². The molecule has 164 valence electrons. The van der Waals surface area contributed by atoms with Crippen LogP contribution >= 0.6 is 0 Å².